The van der Waals surface area contributed by atoms with E-state index >= 15 is 0 Å². The molecule has 0 bridgehead atoms. The zero-order valence-corrected chi connectivity index (χ0v) is 11.4. The van der Waals surface area contributed by atoms with Gasteiger partial charge in [0.05, 0.1) is 17.1 Å². The molecule has 0 unspecified atom stereocenters. The summed E-state index contributed by atoms with van der Waals surface area (Å²) in [4.78, 5) is 12.0. The lowest BCUT2D eigenvalue weighted by molar-refractivity contribution is -0.116. The lowest BCUT2D eigenvalue weighted by Gasteiger charge is -2.11. The number of rotatable bonds is 3. The minimum absolute atomic E-state index is 0.132. The Hall–Kier alpha value is -2.30. The summed E-state index contributed by atoms with van der Waals surface area (Å²) in [6.45, 7) is 5.93. The molecule has 0 aliphatic carbocycles. The minimum atomic E-state index is -0.132. The van der Waals surface area contributed by atoms with Gasteiger partial charge in [0, 0.05) is 5.69 Å². The second-order valence-electron chi connectivity index (χ2n) is 4.67. The number of hydrogen-bond donors (Lipinski definition) is 2. The summed E-state index contributed by atoms with van der Waals surface area (Å²) in [5.41, 5.74) is 9.92. The van der Waals surface area contributed by atoms with Gasteiger partial charge in [-0.15, -0.1) is 0 Å². The molecule has 5 nitrogen and oxygen atoms in total. The van der Waals surface area contributed by atoms with Gasteiger partial charge in [-0.05, 0) is 38.5 Å². The summed E-state index contributed by atoms with van der Waals surface area (Å²) >= 11 is 0. The second kappa shape index (κ2) is 5.14. The average molecular weight is 258 g/mol. The zero-order chi connectivity index (χ0) is 14.0. The molecule has 0 aliphatic rings. The molecule has 2 aromatic rings. The number of carbonyl (C=O) groups excluding carboxylic acids is 1. The van der Waals surface area contributed by atoms with Gasteiger partial charge in [0.15, 0.2) is 0 Å². The van der Waals surface area contributed by atoms with Crippen molar-refractivity contribution in [3.8, 4) is 0 Å². The van der Waals surface area contributed by atoms with Crippen molar-refractivity contribution in [1.29, 1.82) is 0 Å². The third kappa shape index (κ3) is 2.93. The maximum Gasteiger partial charge on any atom is 0.246 e. The van der Waals surface area contributed by atoms with Crippen LogP contribution in [0.5, 0.6) is 0 Å². The summed E-state index contributed by atoms with van der Waals surface area (Å²) < 4.78 is 1.68. The van der Waals surface area contributed by atoms with Gasteiger partial charge < -0.3 is 11.1 Å². The zero-order valence-electron chi connectivity index (χ0n) is 11.4. The van der Waals surface area contributed by atoms with Gasteiger partial charge in [0.25, 0.3) is 0 Å². The van der Waals surface area contributed by atoms with E-state index in [9.17, 15) is 4.79 Å². The Bertz CT molecular complexity index is 596. The lowest BCUT2D eigenvalue weighted by Crippen LogP contribution is -2.21. The number of amides is 1. The van der Waals surface area contributed by atoms with E-state index < -0.39 is 0 Å². The molecule has 1 amide bonds. The van der Waals surface area contributed by atoms with Crippen LogP contribution in [0.15, 0.2) is 24.3 Å². The van der Waals surface area contributed by atoms with Crippen LogP contribution in [0.3, 0.4) is 0 Å². The van der Waals surface area contributed by atoms with Crippen LogP contribution in [-0.2, 0) is 11.3 Å². The number of nitrogens with one attached hydrogen (secondary N) is 1. The molecular weight excluding hydrogens is 240 g/mol. The number of nitrogens with two attached hydrogens (primary N) is 1. The first-order chi connectivity index (χ1) is 8.97. The molecule has 0 aliphatic heterocycles. The Morgan fingerprint density at radius 3 is 2.68 bits per heavy atom. The molecule has 5 heteroatoms. The highest BCUT2D eigenvalue weighted by Crippen LogP contribution is 2.22. The van der Waals surface area contributed by atoms with Gasteiger partial charge >= 0.3 is 0 Å². The topological polar surface area (TPSA) is 72.9 Å². The fraction of sp³-hybridized carbons (Fsp3) is 0.286. The molecule has 2 rings (SSSR count). The molecule has 0 spiro atoms. The maximum absolute atomic E-state index is 12.0. The van der Waals surface area contributed by atoms with Gasteiger partial charge in [-0.2, -0.15) is 5.10 Å². The fourth-order valence-corrected chi connectivity index (χ4v) is 2.01. The molecule has 0 atom stereocenters. The average Bonchev–Trinajstić information content (AvgIpc) is 2.63. The van der Waals surface area contributed by atoms with Gasteiger partial charge in [-0.1, -0.05) is 12.1 Å². The first-order valence-electron chi connectivity index (χ1n) is 6.13. The highest BCUT2D eigenvalue weighted by molar-refractivity contribution is 5.94. The Kier molecular flexibility index (Phi) is 3.55. The molecule has 0 radical (unpaired) electrons. The van der Waals surface area contributed by atoms with E-state index in [4.69, 9.17) is 5.73 Å². The molecule has 19 heavy (non-hydrogen) atoms. The molecule has 1 aromatic heterocycles. The SMILES string of the molecule is Cc1cc(C)n(CC(=O)Nc2c(C)cccc2N)n1. The number of nitrogens with zero attached hydrogens (tertiary/aromatic N) is 2. The van der Waals surface area contributed by atoms with Gasteiger partial charge in [0.2, 0.25) is 5.91 Å². The summed E-state index contributed by atoms with van der Waals surface area (Å²) in [6.07, 6.45) is 0. The van der Waals surface area contributed by atoms with Crippen LogP contribution in [-0.4, -0.2) is 15.7 Å². The molecule has 1 aromatic carbocycles. The van der Waals surface area contributed by atoms with Crippen molar-refractivity contribution < 1.29 is 4.79 Å². The monoisotopic (exact) mass is 258 g/mol. The van der Waals surface area contributed by atoms with Crippen LogP contribution in [0.4, 0.5) is 11.4 Å². The van der Waals surface area contributed by atoms with Crippen molar-refractivity contribution in [2.24, 2.45) is 0 Å². The predicted molar refractivity (Wildman–Crippen MR) is 75.9 cm³/mol. The molecule has 0 saturated carbocycles. The van der Waals surface area contributed by atoms with Crippen LogP contribution in [0.1, 0.15) is 17.0 Å². The van der Waals surface area contributed by atoms with E-state index in [-0.39, 0.29) is 12.5 Å². The summed E-state index contributed by atoms with van der Waals surface area (Å²) in [6, 6.07) is 7.48. The van der Waals surface area contributed by atoms with Crippen LogP contribution in [0, 0.1) is 20.8 Å². The second-order valence-corrected chi connectivity index (χ2v) is 4.67. The third-order valence-electron chi connectivity index (χ3n) is 2.97. The Balaban J connectivity index is 2.12. The van der Waals surface area contributed by atoms with E-state index in [0.717, 1.165) is 17.0 Å². The van der Waals surface area contributed by atoms with E-state index in [2.05, 4.69) is 10.4 Å². The van der Waals surface area contributed by atoms with Crippen LogP contribution >= 0.6 is 0 Å². The predicted octanol–water partition coefficient (Wildman–Crippen LogP) is 2.03. The van der Waals surface area contributed by atoms with Crippen molar-refractivity contribution in [3.63, 3.8) is 0 Å². The molecule has 100 valence electrons. The van der Waals surface area contributed by atoms with Crippen LogP contribution < -0.4 is 11.1 Å². The van der Waals surface area contributed by atoms with E-state index in [0.29, 0.717) is 11.4 Å². The first kappa shape index (κ1) is 13.1. The van der Waals surface area contributed by atoms with Gasteiger partial charge in [-0.3, -0.25) is 9.48 Å². The van der Waals surface area contributed by atoms with Crippen molar-refractivity contribution in [3.05, 3.63) is 41.2 Å². The Morgan fingerprint density at radius 1 is 1.37 bits per heavy atom. The minimum Gasteiger partial charge on any atom is -0.397 e. The number of hydrogen-bond acceptors (Lipinski definition) is 3. The molecule has 0 saturated heterocycles. The summed E-state index contributed by atoms with van der Waals surface area (Å²) in [5.74, 6) is -0.132. The summed E-state index contributed by atoms with van der Waals surface area (Å²) in [7, 11) is 0. The van der Waals surface area contributed by atoms with Crippen molar-refractivity contribution >= 4 is 17.3 Å². The quantitative estimate of drug-likeness (QED) is 0.827. The van der Waals surface area contributed by atoms with E-state index in [1.165, 1.54) is 0 Å². The van der Waals surface area contributed by atoms with Crippen molar-refractivity contribution in [2.45, 2.75) is 27.3 Å². The Labute approximate surface area is 112 Å². The lowest BCUT2D eigenvalue weighted by atomic mass is 10.1. The number of carbonyl (C=O) groups is 1. The third-order valence-corrected chi connectivity index (χ3v) is 2.97. The maximum atomic E-state index is 12.0. The van der Waals surface area contributed by atoms with Crippen molar-refractivity contribution in [1.82, 2.24) is 9.78 Å². The Morgan fingerprint density at radius 2 is 2.11 bits per heavy atom. The van der Waals surface area contributed by atoms with Crippen LogP contribution in [0.2, 0.25) is 0 Å². The molecule has 0 fully saturated rings. The number of para-hydroxylation sites is 1. The molecule has 1 heterocycles. The number of aryl methyl sites for hydroxylation is 3. The van der Waals surface area contributed by atoms with Crippen LogP contribution in [0.25, 0.3) is 0 Å². The number of aromatic nitrogens is 2. The highest BCUT2D eigenvalue weighted by atomic mass is 16.2. The largest absolute Gasteiger partial charge is 0.397 e. The first-order valence-corrected chi connectivity index (χ1v) is 6.13. The normalized spacial score (nSPS) is 10.5. The van der Waals surface area contributed by atoms with Gasteiger partial charge in [0.1, 0.15) is 6.54 Å². The smallest absolute Gasteiger partial charge is 0.246 e. The fourth-order valence-electron chi connectivity index (χ4n) is 2.01. The molecule has 3 N–H and O–H groups in total. The van der Waals surface area contributed by atoms with Gasteiger partial charge in [-0.25, -0.2) is 0 Å². The van der Waals surface area contributed by atoms with E-state index in [1.54, 1.807) is 10.7 Å². The highest BCUT2D eigenvalue weighted by Gasteiger charge is 2.10. The number of benzene rings is 1. The van der Waals surface area contributed by atoms with E-state index in [1.807, 2.05) is 39.0 Å². The standard InChI is InChI=1S/C14H18N4O/c1-9-5-4-6-12(15)14(9)16-13(19)8-18-11(3)7-10(2)17-18/h4-7H,8,15H2,1-3H3,(H,16,19). The number of anilines is 2. The summed E-state index contributed by atoms with van der Waals surface area (Å²) in [5, 5.41) is 7.10. The molecular formula is C14H18N4O. The van der Waals surface area contributed by atoms with Crippen molar-refractivity contribution in [2.75, 3.05) is 11.1 Å². The number of nitrogen functional groups attached to an aromatic ring is 1.